The minimum Gasteiger partial charge on any atom is -0.481 e. The molecule has 0 spiro atoms. The van der Waals surface area contributed by atoms with Gasteiger partial charge in [0.1, 0.15) is 0 Å². The van der Waals surface area contributed by atoms with Gasteiger partial charge in [-0.1, -0.05) is 0 Å². The van der Waals surface area contributed by atoms with Crippen LogP contribution < -0.4 is 0 Å². The summed E-state index contributed by atoms with van der Waals surface area (Å²) in [6, 6.07) is 0. The van der Waals surface area contributed by atoms with Crippen molar-refractivity contribution in [3.63, 3.8) is 0 Å². The Morgan fingerprint density at radius 3 is 2.73 bits per heavy atom. The number of carbonyl (C=O) groups is 2. The SMILES string of the molecule is Cc1c(C=O)[nH]c(I)c1CCCC(=O)O. The summed E-state index contributed by atoms with van der Waals surface area (Å²) >= 11 is 2.13. The molecule has 0 aliphatic carbocycles. The second kappa shape index (κ2) is 5.29. The maximum Gasteiger partial charge on any atom is 0.303 e. The molecular weight excluding hydrogens is 309 g/mol. The number of rotatable bonds is 5. The van der Waals surface area contributed by atoms with Crippen LogP contribution in [0, 0.1) is 10.6 Å². The number of aromatic amines is 1. The molecule has 0 unspecified atom stereocenters. The first-order valence-corrected chi connectivity index (χ1v) is 5.68. The molecule has 0 aliphatic heterocycles. The van der Waals surface area contributed by atoms with E-state index in [-0.39, 0.29) is 6.42 Å². The lowest BCUT2D eigenvalue weighted by atomic mass is 10.1. The Balaban J connectivity index is 2.72. The van der Waals surface area contributed by atoms with Gasteiger partial charge in [-0.25, -0.2) is 0 Å². The second-order valence-corrected chi connectivity index (χ2v) is 4.40. The van der Waals surface area contributed by atoms with Crippen molar-refractivity contribution >= 4 is 34.8 Å². The maximum absolute atomic E-state index is 10.6. The average molecular weight is 321 g/mol. The molecule has 0 aliphatic rings. The molecule has 1 heterocycles. The molecule has 4 nitrogen and oxygen atoms in total. The number of aliphatic carboxylic acids is 1. The minimum absolute atomic E-state index is 0.164. The monoisotopic (exact) mass is 321 g/mol. The van der Waals surface area contributed by atoms with Crippen LogP contribution in [0.2, 0.25) is 0 Å². The number of aromatic nitrogens is 1. The zero-order valence-electron chi connectivity index (χ0n) is 8.34. The molecule has 1 rings (SSSR count). The molecule has 0 atom stereocenters. The quantitative estimate of drug-likeness (QED) is 0.645. The molecule has 82 valence electrons. The van der Waals surface area contributed by atoms with Crippen molar-refractivity contribution in [1.82, 2.24) is 4.98 Å². The Morgan fingerprint density at radius 1 is 1.60 bits per heavy atom. The van der Waals surface area contributed by atoms with Gasteiger partial charge < -0.3 is 10.1 Å². The van der Waals surface area contributed by atoms with Crippen LogP contribution in [0.5, 0.6) is 0 Å². The van der Waals surface area contributed by atoms with Gasteiger partial charge in [-0.15, -0.1) is 0 Å². The van der Waals surface area contributed by atoms with E-state index in [2.05, 4.69) is 27.6 Å². The van der Waals surface area contributed by atoms with Gasteiger partial charge in [0, 0.05) is 6.42 Å². The van der Waals surface area contributed by atoms with Crippen LogP contribution in [0.3, 0.4) is 0 Å². The van der Waals surface area contributed by atoms with E-state index in [1.54, 1.807) is 0 Å². The molecule has 0 fully saturated rings. The first-order valence-electron chi connectivity index (χ1n) is 4.60. The summed E-state index contributed by atoms with van der Waals surface area (Å²) in [4.78, 5) is 24.0. The Bertz CT molecular complexity index is 384. The molecule has 0 radical (unpaired) electrons. The van der Waals surface area contributed by atoms with E-state index in [0.717, 1.165) is 21.1 Å². The molecule has 5 heteroatoms. The van der Waals surface area contributed by atoms with Gasteiger partial charge in [0.05, 0.1) is 9.39 Å². The molecule has 15 heavy (non-hydrogen) atoms. The van der Waals surface area contributed by atoms with Crippen molar-refractivity contribution in [2.24, 2.45) is 0 Å². The number of carbonyl (C=O) groups excluding carboxylic acids is 1. The standard InChI is InChI=1S/C10H12INO3/c1-6-7(3-2-4-9(14)15)10(11)12-8(6)5-13/h5,12H,2-4H2,1H3,(H,14,15). The highest BCUT2D eigenvalue weighted by molar-refractivity contribution is 14.1. The van der Waals surface area contributed by atoms with E-state index in [0.29, 0.717) is 18.5 Å². The van der Waals surface area contributed by atoms with Gasteiger partial charge in [-0.2, -0.15) is 0 Å². The molecular formula is C10H12INO3. The van der Waals surface area contributed by atoms with Gasteiger partial charge in [0.2, 0.25) is 0 Å². The lowest BCUT2D eigenvalue weighted by molar-refractivity contribution is -0.137. The summed E-state index contributed by atoms with van der Waals surface area (Å²) in [6.45, 7) is 1.87. The smallest absolute Gasteiger partial charge is 0.303 e. The number of aldehydes is 1. The minimum atomic E-state index is -0.784. The normalized spacial score (nSPS) is 10.3. The van der Waals surface area contributed by atoms with E-state index in [4.69, 9.17) is 5.11 Å². The lowest BCUT2D eigenvalue weighted by Gasteiger charge is -1.99. The van der Waals surface area contributed by atoms with Crippen LogP contribution in [0.1, 0.15) is 34.5 Å². The van der Waals surface area contributed by atoms with Crippen molar-refractivity contribution in [3.05, 3.63) is 20.5 Å². The maximum atomic E-state index is 10.6. The van der Waals surface area contributed by atoms with E-state index in [1.165, 1.54) is 0 Å². The first kappa shape index (κ1) is 12.2. The number of carboxylic acid groups (broad SMARTS) is 1. The van der Waals surface area contributed by atoms with E-state index in [1.807, 2.05) is 6.92 Å². The van der Waals surface area contributed by atoms with Crippen LogP contribution in [-0.2, 0) is 11.2 Å². The van der Waals surface area contributed by atoms with Crippen LogP contribution >= 0.6 is 22.6 Å². The zero-order valence-corrected chi connectivity index (χ0v) is 10.5. The van der Waals surface area contributed by atoms with Gasteiger partial charge in [-0.3, -0.25) is 9.59 Å². The summed E-state index contributed by atoms with van der Waals surface area (Å²) in [7, 11) is 0. The van der Waals surface area contributed by atoms with Crippen molar-refractivity contribution in [3.8, 4) is 0 Å². The van der Waals surface area contributed by atoms with Crippen molar-refractivity contribution in [2.45, 2.75) is 26.2 Å². The molecule has 0 amide bonds. The predicted octanol–water partition coefficient (Wildman–Crippen LogP) is 2.15. The second-order valence-electron chi connectivity index (χ2n) is 3.32. The largest absolute Gasteiger partial charge is 0.481 e. The number of hydrogen-bond donors (Lipinski definition) is 2. The Labute approximate surface area is 101 Å². The third-order valence-electron chi connectivity index (χ3n) is 2.30. The molecule has 2 N–H and O–H groups in total. The highest BCUT2D eigenvalue weighted by Crippen LogP contribution is 2.20. The lowest BCUT2D eigenvalue weighted by Crippen LogP contribution is -1.97. The fraction of sp³-hybridized carbons (Fsp3) is 0.400. The summed E-state index contributed by atoms with van der Waals surface area (Å²) in [5.41, 5.74) is 2.57. The van der Waals surface area contributed by atoms with Crippen LogP contribution in [0.25, 0.3) is 0 Å². The Kier molecular flexibility index (Phi) is 4.31. The van der Waals surface area contributed by atoms with Gasteiger partial charge >= 0.3 is 5.97 Å². The molecule has 0 saturated heterocycles. The number of carboxylic acids is 1. The third-order valence-corrected chi connectivity index (χ3v) is 3.22. The number of hydrogen-bond acceptors (Lipinski definition) is 2. The summed E-state index contributed by atoms with van der Waals surface area (Å²) in [6.07, 6.45) is 2.25. The summed E-state index contributed by atoms with van der Waals surface area (Å²) in [5.74, 6) is -0.784. The highest BCUT2D eigenvalue weighted by Gasteiger charge is 2.11. The Hall–Kier alpha value is -0.850. The van der Waals surface area contributed by atoms with E-state index < -0.39 is 5.97 Å². The van der Waals surface area contributed by atoms with Crippen molar-refractivity contribution in [2.75, 3.05) is 0 Å². The van der Waals surface area contributed by atoms with Gasteiger partial charge in [0.15, 0.2) is 6.29 Å². The fourth-order valence-corrected chi connectivity index (χ4v) is 2.41. The predicted molar refractivity (Wildman–Crippen MR) is 64.2 cm³/mol. The number of H-pyrrole nitrogens is 1. The Morgan fingerprint density at radius 2 is 2.27 bits per heavy atom. The van der Waals surface area contributed by atoms with Crippen LogP contribution in [0.15, 0.2) is 0 Å². The van der Waals surface area contributed by atoms with Gasteiger partial charge in [-0.05, 0) is 53.5 Å². The molecule has 0 saturated carbocycles. The van der Waals surface area contributed by atoms with Crippen molar-refractivity contribution < 1.29 is 14.7 Å². The fourth-order valence-electron chi connectivity index (χ4n) is 1.45. The van der Waals surface area contributed by atoms with Gasteiger partial charge in [0.25, 0.3) is 0 Å². The average Bonchev–Trinajstić information content (AvgIpc) is 2.44. The third kappa shape index (κ3) is 3.05. The van der Waals surface area contributed by atoms with Crippen LogP contribution in [0.4, 0.5) is 0 Å². The van der Waals surface area contributed by atoms with E-state index in [9.17, 15) is 9.59 Å². The number of nitrogens with one attached hydrogen (secondary N) is 1. The molecule has 0 aromatic carbocycles. The molecule has 1 aromatic heterocycles. The highest BCUT2D eigenvalue weighted by atomic mass is 127. The summed E-state index contributed by atoms with van der Waals surface area (Å²) in [5, 5.41) is 8.52. The molecule has 0 bridgehead atoms. The zero-order chi connectivity index (χ0) is 11.4. The van der Waals surface area contributed by atoms with Crippen LogP contribution in [-0.4, -0.2) is 22.3 Å². The van der Waals surface area contributed by atoms with Crippen molar-refractivity contribution in [1.29, 1.82) is 0 Å². The molecule has 1 aromatic rings. The number of halogens is 1. The summed E-state index contributed by atoms with van der Waals surface area (Å²) < 4.78 is 0.928. The topological polar surface area (TPSA) is 70.2 Å². The first-order chi connectivity index (χ1) is 7.06. The van der Waals surface area contributed by atoms with E-state index >= 15 is 0 Å².